The minimum absolute atomic E-state index is 0.00733. The Morgan fingerprint density at radius 3 is 2.36 bits per heavy atom. The van der Waals surface area contributed by atoms with E-state index in [1.54, 1.807) is 6.92 Å². The van der Waals surface area contributed by atoms with E-state index in [4.69, 9.17) is 11.6 Å². The van der Waals surface area contributed by atoms with Crippen LogP contribution in [0.5, 0.6) is 5.75 Å². The zero-order valence-corrected chi connectivity index (χ0v) is 16.6. The first-order valence-electron chi connectivity index (χ1n) is 8.67. The smallest absolute Gasteiger partial charge is 0.394 e. The minimum atomic E-state index is -4.46. The van der Waals surface area contributed by atoms with Gasteiger partial charge < -0.3 is 4.74 Å². The molecular weight excluding hydrogens is 405 g/mol. The lowest BCUT2D eigenvalue weighted by Gasteiger charge is -2.27. The van der Waals surface area contributed by atoms with Crippen molar-refractivity contribution in [3.05, 3.63) is 28.5 Å². The van der Waals surface area contributed by atoms with Crippen LogP contribution in [0.4, 0.5) is 22.0 Å². The summed E-state index contributed by atoms with van der Waals surface area (Å²) in [7, 11) is 0. The second-order valence-electron chi connectivity index (χ2n) is 6.91. The lowest BCUT2D eigenvalue weighted by atomic mass is 9.85. The van der Waals surface area contributed by atoms with Gasteiger partial charge in [-0.15, -0.1) is 0 Å². The van der Waals surface area contributed by atoms with Crippen molar-refractivity contribution in [1.29, 1.82) is 0 Å². The van der Waals surface area contributed by atoms with E-state index in [0.717, 1.165) is 19.9 Å². The van der Waals surface area contributed by atoms with Crippen LogP contribution in [0.1, 0.15) is 39.0 Å². The number of rotatable bonds is 7. The van der Waals surface area contributed by atoms with E-state index in [-0.39, 0.29) is 22.0 Å². The minimum Gasteiger partial charge on any atom is -0.432 e. The maximum absolute atomic E-state index is 13.2. The van der Waals surface area contributed by atoms with Gasteiger partial charge in [-0.3, -0.25) is 9.67 Å². The van der Waals surface area contributed by atoms with Crippen LogP contribution in [0.25, 0.3) is 11.4 Å². The number of aromatic nitrogens is 3. The number of hydrogen-bond donors (Lipinski definition) is 0. The van der Waals surface area contributed by atoms with E-state index in [1.807, 2.05) is 6.92 Å². The highest BCUT2D eigenvalue weighted by Gasteiger charge is 2.47. The lowest BCUT2D eigenvalue weighted by Crippen LogP contribution is -2.34. The number of halogens is 6. The zero-order valence-electron chi connectivity index (χ0n) is 15.9. The van der Waals surface area contributed by atoms with E-state index in [0.29, 0.717) is 24.4 Å². The normalized spacial score (nSPS) is 12.7. The van der Waals surface area contributed by atoms with Crippen LogP contribution < -0.4 is 4.74 Å². The van der Waals surface area contributed by atoms with Crippen LogP contribution in [0.15, 0.2) is 12.3 Å². The molecule has 0 aromatic carbocycles. The van der Waals surface area contributed by atoms with Gasteiger partial charge in [0, 0.05) is 12.7 Å². The predicted octanol–water partition coefficient (Wildman–Crippen LogP) is 5.91. The van der Waals surface area contributed by atoms with Gasteiger partial charge in [0.25, 0.3) is 0 Å². The number of nitrogens with zero attached hydrogens (tertiary/aromatic N) is 3. The van der Waals surface area contributed by atoms with Gasteiger partial charge in [-0.05, 0) is 31.4 Å². The second kappa shape index (κ2) is 8.23. The lowest BCUT2D eigenvalue weighted by molar-refractivity contribution is -0.211. The molecule has 0 bridgehead atoms. The summed E-state index contributed by atoms with van der Waals surface area (Å²) in [6.07, 6.45) is -3.17. The molecule has 0 unspecified atom stereocenters. The number of ether oxygens (including phenoxy) is 1. The Morgan fingerprint density at radius 1 is 1.21 bits per heavy atom. The molecule has 2 rings (SSSR count). The maximum Gasteiger partial charge on any atom is 0.394 e. The summed E-state index contributed by atoms with van der Waals surface area (Å²) in [5.41, 5.74) is -1.08. The Balaban J connectivity index is 2.57. The Hall–Kier alpha value is -1.90. The number of aryl methyl sites for hydroxylation is 2. The second-order valence-corrected chi connectivity index (χ2v) is 7.28. The number of alkyl halides is 5. The highest BCUT2D eigenvalue weighted by atomic mass is 35.5. The van der Waals surface area contributed by atoms with Gasteiger partial charge in [0.05, 0.1) is 16.1 Å². The summed E-state index contributed by atoms with van der Waals surface area (Å²) in [6, 6.07) is 1.15. The van der Waals surface area contributed by atoms with Gasteiger partial charge in [-0.1, -0.05) is 32.4 Å². The Bertz CT molecular complexity index is 833. The van der Waals surface area contributed by atoms with Gasteiger partial charge >= 0.3 is 12.8 Å². The molecule has 2 aromatic heterocycles. The van der Waals surface area contributed by atoms with Crippen molar-refractivity contribution in [2.24, 2.45) is 5.41 Å². The molecule has 0 spiro atoms. The van der Waals surface area contributed by atoms with E-state index in [9.17, 15) is 22.0 Å². The van der Waals surface area contributed by atoms with Gasteiger partial charge in [0.15, 0.2) is 5.75 Å². The molecule has 10 heteroatoms. The molecule has 0 aliphatic carbocycles. The van der Waals surface area contributed by atoms with Crippen molar-refractivity contribution in [1.82, 2.24) is 14.8 Å². The van der Waals surface area contributed by atoms with Crippen LogP contribution in [-0.2, 0) is 19.4 Å². The zero-order chi connectivity index (χ0) is 21.3. The van der Waals surface area contributed by atoms with Crippen molar-refractivity contribution in [2.45, 2.75) is 59.9 Å². The molecule has 156 valence electrons. The summed E-state index contributed by atoms with van der Waals surface area (Å²) in [5, 5.41) is 4.56. The molecule has 0 saturated heterocycles. The third-order valence-electron chi connectivity index (χ3n) is 4.36. The molecule has 2 heterocycles. The van der Waals surface area contributed by atoms with Crippen molar-refractivity contribution in [3.63, 3.8) is 0 Å². The maximum atomic E-state index is 13.2. The van der Waals surface area contributed by atoms with Gasteiger partial charge in [0.2, 0.25) is 0 Å². The fraction of sp³-hybridized carbons (Fsp3) is 0.556. The van der Waals surface area contributed by atoms with E-state index < -0.39 is 24.6 Å². The predicted molar refractivity (Wildman–Crippen MR) is 95.7 cm³/mol. The van der Waals surface area contributed by atoms with Crippen LogP contribution in [0.2, 0.25) is 5.02 Å². The monoisotopic (exact) mass is 425 g/mol. The first kappa shape index (κ1) is 22.4. The first-order chi connectivity index (χ1) is 12.9. The summed E-state index contributed by atoms with van der Waals surface area (Å²) in [6.45, 7) is 2.92. The highest BCUT2D eigenvalue weighted by molar-refractivity contribution is 6.33. The quantitative estimate of drug-likeness (QED) is 0.517. The Morgan fingerprint density at radius 2 is 1.86 bits per heavy atom. The molecule has 0 saturated carbocycles. The Kier molecular flexibility index (Phi) is 6.58. The standard InChI is InChI=1S/C18H21ClF5N3O/c1-5-11-13(19)15(27(6-2)26-11)14-12(28-16(20)21)7-10(9-25-14)8-17(3,4)18(22,23)24/h7,9,16H,5-6,8H2,1-4H3. The van der Waals surface area contributed by atoms with E-state index >= 15 is 0 Å². The van der Waals surface area contributed by atoms with E-state index in [2.05, 4.69) is 14.8 Å². The van der Waals surface area contributed by atoms with Crippen LogP contribution >= 0.6 is 11.6 Å². The fourth-order valence-electron chi connectivity index (χ4n) is 2.73. The van der Waals surface area contributed by atoms with E-state index in [1.165, 1.54) is 10.9 Å². The highest BCUT2D eigenvalue weighted by Crippen LogP contribution is 2.42. The third kappa shape index (κ3) is 4.56. The van der Waals surface area contributed by atoms with Crippen LogP contribution in [-0.4, -0.2) is 27.6 Å². The summed E-state index contributed by atoms with van der Waals surface area (Å²) < 4.78 is 71.5. The SMILES string of the molecule is CCc1nn(CC)c(-c2ncc(CC(C)(C)C(F)(F)F)cc2OC(F)F)c1Cl. The number of pyridine rings is 1. The van der Waals surface area contributed by atoms with Gasteiger partial charge in [-0.2, -0.15) is 27.1 Å². The largest absolute Gasteiger partial charge is 0.432 e. The van der Waals surface area contributed by atoms with Crippen molar-refractivity contribution in [2.75, 3.05) is 0 Å². The van der Waals surface area contributed by atoms with Crippen LogP contribution in [0.3, 0.4) is 0 Å². The molecule has 0 aliphatic rings. The van der Waals surface area contributed by atoms with Crippen LogP contribution in [0, 0.1) is 5.41 Å². The molecule has 2 aromatic rings. The van der Waals surface area contributed by atoms with Crippen molar-refractivity contribution < 1.29 is 26.7 Å². The average Bonchev–Trinajstić information content (AvgIpc) is 2.89. The first-order valence-corrected chi connectivity index (χ1v) is 9.05. The van der Waals surface area contributed by atoms with Crippen molar-refractivity contribution in [3.8, 4) is 17.1 Å². The average molecular weight is 426 g/mol. The van der Waals surface area contributed by atoms with Crippen molar-refractivity contribution >= 4 is 11.6 Å². The molecule has 28 heavy (non-hydrogen) atoms. The topological polar surface area (TPSA) is 39.9 Å². The Labute approximate surface area is 164 Å². The molecular formula is C18H21ClF5N3O. The molecule has 0 N–H and O–H groups in total. The molecule has 4 nitrogen and oxygen atoms in total. The van der Waals surface area contributed by atoms with Gasteiger partial charge in [-0.25, -0.2) is 0 Å². The molecule has 0 atom stereocenters. The number of hydrogen-bond acceptors (Lipinski definition) is 3. The molecule has 0 radical (unpaired) electrons. The summed E-state index contributed by atoms with van der Waals surface area (Å²) >= 11 is 6.34. The summed E-state index contributed by atoms with van der Waals surface area (Å²) in [5.74, 6) is -0.343. The molecule has 0 amide bonds. The molecule has 0 fully saturated rings. The summed E-state index contributed by atoms with van der Waals surface area (Å²) in [4.78, 5) is 4.11. The molecule has 0 aliphatic heterocycles. The fourth-order valence-corrected chi connectivity index (χ4v) is 3.08. The van der Waals surface area contributed by atoms with Gasteiger partial charge in [0.1, 0.15) is 11.4 Å². The third-order valence-corrected chi connectivity index (χ3v) is 4.76.